The van der Waals surface area contributed by atoms with E-state index in [2.05, 4.69) is 20.4 Å². The van der Waals surface area contributed by atoms with Gasteiger partial charge in [-0.15, -0.1) is 0 Å². The zero-order valence-electron chi connectivity index (χ0n) is 16.7. The van der Waals surface area contributed by atoms with Crippen molar-refractivity contribution >= 4 is 16.9 Å². The molecule has 3 heterocycles. The Hall–Kier alpha value is -4.26. The molecule has 2 aromatic carbocycles. The van der Waals surface area contributed by atoms with E-state index < -0.39 is 0 Å². The number of benzene rings is 2. The van der Waals surface area contributed by atoms with Crippen LogP contribution < -0.4 is 5.32 Å². The number of rotatable bonds is 5. The number of aryl methyl sites for hydroxylation is 1. The second kappa shape index (κ2) is 7.87. The van der Waals surface area contributed by atoms with E-state index in [0.29, 0.717) is 40.4 Å². The Bertz CT molecular complexity index is 1350. The molecule has 0 atom stereocenters. The second-order valence-electron chi connectivity index (χ2n) is 7.19. The maximum atomic E-state index is 12.6. The summed E-state index contributed by atoms with van der Waals surface area (Å²) in [6, 6.07) is 16.8. The number of hydrogen-bond acceptors (Lipinski definition) is 6. The molecule has 0 unspecified atom stereocenters. The second-order valence-corrected chi connectivity index (χ2v) is 7.19. The summed E-state index contributed by atoms with van der Waals surface area (Å²) in [4.78, 5) is 21.2. The van der Waals surface area contributed by atoms with Crippen molar-refractivity contribution in [2.75, 3.05) is 0 Å². The normalized spacial score (nSPS) is 11.0. The summed E-state index contributed by atoms with van der Waals surface area (Å²) in [7, 11) is 0. The number of carbonyl (C=O) groups is 1. The van der Waals surface area contributed by atoms with E-state index in [1.807, 2.05) is 43.3 Å². The Kier molecular flexibility index (Phi) is 4.76. The van der Waals surface area contributed by atoms with Crippen LogP contribution in [0.3, 0.4) is 0 Å². The van der Waals surface area contributed by atoms with Gasteiger partial charge in [-0.2, -0.15) is 0 Å². The number of aromatic nitrogens is 3. The highest BCUT2D eigenvalue weighted by atomic mass is 16.5. The highest BCUT2D eigenvalue weighted by molar-refractivity contribution is 6.00. The quantitative estimate of drug-likeness (QED) is 0.448. The van der Waals surface area contributed by atoms with Crippen molar-refractivity contribution in [2.45, 2.75) is 13.5 Å². The summed E-state index contributed by atoms with van der Waals surface area (Å²) < 4.78 is 11.1. The minimum absolute atomic E-state index is 0.196. The molecule has 0 saturated carbocycles. The van der Waals surface area contributed by atoms with Gasteiger partial charge in [-0.25, -0.2) is 4.98 Å². The Morgan fingerprint density at radius 2 is 1.97 bits per heavy atom. The van der Waals surface area contributed by atoms with Gasteiger partial charge in [0, 0.05) is 30.1 Å². The summed E-state index contributed by atoms with van der Waals surface area (Å²) in [5.41, 5.74) is 5.10. The molecule has 1 N–H and O–H groups in total. The first kappa shape index (κ1) is 18.7. The molecule has 0 aliphatic carbocycles. The Labute approximate surface area is 177 Å². The summed E-state index contributed by atoms with van der Waals surface area (Å²) in [6.07, 6.45) is 4.96. The van der Waals surface area contributed by atoms with Crippen molar-refractivity contribution in [3.05, 3.63) is 89.9 Å². The highest BCUT2D eigenvalue weighted by Gasteiger charge is 2.17. The van der Waals surface area contributed by atoms with Gasteiger partial charge in [0.25, 0.3) is 5.91 Å². The predicted octanol–water partition coefficient (Wildman–Crippen LogP) is 4.78. The van der Waals surface area contributed by atoms with E-state index in [1.54, 1.807) is 36.9 Å². The molecule has 5 rings (SSSR count). The van der Waals surface area contributed by atoms with Crippen LogP contribution in [-0.4, -0.2) is 21.0 Å². The molecule has 31 heavy (non-hydrogen) atoms. The maximum absolute atomic E-state index is 12.6. The third-order valence-corrected chi connectivity index (χ3v) is 4.95. The van der Waals surface area contributed by atoms with Crippen LogP contribution in [-0.2, 0) is 6.54 Å². The van der Waals surface area contributed by atoms with E-state index in [-0.39, 0.29) is 5.91 Å². The fraction of sp³-hybridized carbons (Fsp3) is 0.0833. The number of fused-ring (bicyclic) bond motifs is 1. The van der Waals surface area contributed by atoms with Crippen LogP contribution in [0, 0.1) is 6.92 Å². The molecule has 0 aliphatic rings. The van der Waals surface area contributed by atoms with Gasteiger partial charge in [-0.3, -0.25) is 9.78 Å². The number of amides is 1. The minimum atomic E-state index is -0.196. The van der Waals surface area contributed by atoms with Crippen LogP contribution >= 0.6 is 0 Å². The Balaban J connectivity index is 1.41. The van der Waals surface area contributed by atoms with Crippen LogP contribution in [0.4, 0.5) is 0 Å². The number of carbonyl (C=O) groups excluding carboxylic acids is 1. The first-order chi connectivity index (χ1) is 15.2. The summed E-state index contributed by atoms with van der Waals surface area (Å²) in [5.74, 6) is 0.301. The predicted molar refractivity (Wildman–Crippen MR) is 115 cm³/mol. The first-order valence-electron chi connectivity index (χ1n) is 9.77. The smallest absolute Gasteiger partial charge is 0.251 e. The molecule has 5 aromatic rings. The molecule has 1 amide bonds. The molecule has 3 aromatic heterocycles. The molecule has 0 saturated heterocycles. The van der Waals surface area contributed by atoms with Crippen LogP contribution in [0.5, 0.6) is 0 Å². The van der Waals surface area contributed by atoms with Crippen LogP contribution in [0.1, 0.15) is 21.5 Å². The fourth-order valence-electron chi connectivity index (χ4n) is 3.26. The Morgan fingerprint density at radius 3 is 2.77 bits per heavy atom. The molecule has 0 spiro atoms. The molecule has 152 valence electrons. The van der Waals surface area contributed by atoms with E-state index in [9.17, 15) is 4.79 Å². The zero-order chi connectivity index (χ0) is 21.2. The standard InChI is InChI=1S/C24H18N4O3/c1-15-4-6-17(7-5-15)24-27-20(14-30-24)22-19-11-18(8-9-21(19)31-28-22)23(29)26-13-16-3-2-10-25-12-16/h2-12,14H,13H2,1H3,(H,26,29). The molecule has 7 heteroatoms. The summed E-state index contributed by atoms with van der Waals surface area (Å²) >= 11 is 0. The number of nitrogens with zero attached hydrogens (tertiary/aromatic N) is 3. The SMILES string of the molecule is Cc1ccc(-c2nc(-c3noc4ccc(C(=O)NCc5cccnc5)cc34)co2)cc1. The Morgan fingerprint density at radius 1 is 1.10 bits per heavy atom. The van der Waals surface area contributed by atoms with Gasteiger partial charge in [-0.1, -0.05) is 28.9 Å². The van der Waals surface area contributed by atoms with E-state index in [0.717, 1.165) is 16.7 Å². The van der Waals surface area contributed by atoms with Gasteiger partial charge in [0.15, 0.2) is 5.58 Å². The monoisotopic (exact) mass is 410 g/mol. The maximum Gasteiger partial charge on any atom is 0.251 e. The van der Waals surface area contributed by atoms with Crippen LogP contribution in [0.2, 0.25) is 0 Å². The number of hydrogen-bond donors (Lipinski definition) is 1. The number of pyridine rings is 1. The lowest BCUT2D eigenvalue weighted by atomic mass is 10.1. The molecule has 0 aliphatic heterocycles. The minimum Gasteiger partial charge on any atom is -0.444 e. The van der Waals surface area contributed by atoms with E-state index in [4.69, 9.17) is 8.94 Å². The molecular formula is C24H18N4O3. The largest absolute Gasteiger partial charge is 0.444 e. The first-order valence-corrected chi connectivity index (χ1v) is 9.77. The van der Waals surface area contributed by atoms with Gasteiger partial charge < -0.3 is 14.3 Å². The van der Waals surface area contributed by atoms with Gasteiger partial charge in [0.2, 0.25) is 5.89 Å². The molecule has 0 fully saturated rings. The average Bonchev–Trinajstić information content (AvgIpc) is 3.45. The third-order valence-electron chi connectivity index (χ3n) is 4.95. The number of nitrogens with one attached hydrogen (secondary N) is 1. The average molecular weight is 410 g/mol. The van der Waals surface area contributed by atoms with Crippen molar-refractivity contribution in [3.63, 3.8) is 0 Å². The van der Waals surface area contributed by atoms with E-state index in [1.165, 1.54) is 0 Å². The lowest BCUT2D eigenvalue weighted by Crippen LogP contribution is -2.22. The van der Waals surface area contributed by atoms with Gasteiger partial charge in [0.1, 0.15) is 17.7 Å². The highest BCUT2D eigenvalue weighted by Crippen LogP contribution is 2.30. The fourth-order valence-corrected chi connectivity index (χ4v) is 3.26. The van der Waals surface area contributed by atoms with Crippen molar-refractivity contribution < 1.29 is 13.7 Å². The van der Waals surface area contributed by atoms with Crippen molar-refractivity contribution in [3.8, 4) is 22.8 Å². The third kappa shape index (κ3) is 3.81. The van der Waals surface area contributed by atoms with E-state index >= 15 is 0 Å². The van der Waals surface area contributed by atoms with Crippen LogP contribution in [0.15, 0.2) is 82.2 Å². The molecule has 7 nitrogen and oxygen atoms in total. The molecule has 0 bridgehead atoms. The van der Waals surface area contributed by atoms with Gasteiger partial charge in [-0.05, 0) is 48.9 Å². The summed E-state index contributed by atoms with van der Waals surface area (Å²) in [5, 5.41) is 7.73. The van der Waals surface area contributed by atoms with Crippen LogP contribution in [0.25, 0.3) is 33.8 Å². The summed E-state index contributed by atoms with van der Waals surface area (Å²) in [6.45, 7) is 2.42. The molecule has 0 radical (unpaired) electrons. The van der Waals surface area contributed by atoms with Crippen molar-refractivity contribution in [1.82, 2.24) is 20.4 Å². The number of oxazole rings is 1. The van der Waals surface area contributed by atoms with Crippen molar-refractivity contribution in [2.24, 2.45) is 0 Å². The zero-order valence-corrected chi connectivity index (χ0v) is 16.7. The van der Waals surface area contributed by atoms with Gasteiger partial charge >= 0.3 is 0 Å². The lowest BCUT2D eigenvalue weighted by Gasteiger charge is -2.05. The van der Waals surface area contributed by atoms with Gasteiger partial charge in [0.05, 0.1) is 5.39 Å². The lowest BCUT2D eigenvalue weighted by molar-refractivity contribution is 0.0951. The molecular weight excluding hydrogens is 392 g/mol. The topological polar surface area (TPSA) is 94.0 Å². The van der Waals surface area contributed by atoms with Crippen molar-refractivity contribution in [1.29, 1.82) is 0 Å².